The largest absolute Gasteiger partial charge is 0.307 e. The molecule has 0 saturated carbocycles. The number of nitrogens with one attached hydrogen (secondary N) is 1. The second kappa shape index (κ2) is 6.76. The van der Waals surface area contributed by atoms with Crippen LogP contribution in [-0.2, 0) is 4.79 Å². The number of aryl methyl sites for hydroxylation is 1. The third-order valence-corrected chi connectivity index (χ3v) is 4.03. The van der Waals surface area contributed by atoms with Crippen molar-refractivity contribution in [2.45, 2.75) is 13.8 Å². The van der Waals surface area contributed by atoms with E-state index in [-0.39, 0.29) is 11.7 Å². The van der Waals surface area contributed by atoms with E-state index in [1.54, 1.807) is 35.9 Å². The number of carbonyl (C=O) groups excluding carboxylic acids is 1. The molecular weight excluding hydrogens is 327 g/mol. The minimum Gasteiger partial charge on any atom is -0.307 e. The van der Waals surface area contributed by atoms with Gasteiger partial charge in [-0.2, -0.15) is 9.78 Å². The summed E-state index contributed by atoms with van der Waals surface area (Å²) in [4.78, 5) is 16.3. The maximum atomic E-state index is 13.0. The monoisotopic (exact) mass is 342 g/mol. The molecule has 3 aromatic rings. The van der Waals surface area contributed by atoms with Crippen molar-refractivity contribution in [3.05, 3.63) is 59.4 Å². The quantitative estimate of drug-likeness (QED) is 0.730. The Bertz CT molecular complexity index is 896. The Morgan fingerprint density at radius 2 is 2.08 bits per heavy atom. The summed E-state index contributed by atoms with van der Waals surface area (Å²) in [5.74, 6) is 0.0375. The van der Waals surface area contributed by atoms with Crippen molar-refractivity contribution in [2.75, 3.05) is 5.32 Å². The lowest BCUT2D eigenvalue weighted by Gasteiger charge is -2.04. The fourth-order valence-electron chi connectivity index (χ4n) is 2.17. The summed E-state index contributed by atoms with van der Waals surface area (Å²) < 4.78 is 14.6. The Kier molecular flexibility index (Phi) is 4.52. The molecule has 3 rings (SSSR count). The molecule has 24 heavy (non-hydrogen) atoms. The number of hydrogen-bond acceptors (Lipinski definition) is 4. The predicted molar refractivity (Wildman–Crippen MR) is 92.8 cm³/mol. The molecule has 1 amide bonds. The van der Waals surface area contributed by atoms with Crippen LogP contribution in [0.4, 0.5) is 10.2 Å². The van der Waals surface area contributed by atoms with Gasteiger partial charge in [-0.15, -0.1) is 11.3 Å². The van der Waals surface area contributed by atoms with E-state index in [9.17, 15) is 9.18 Å². The smallest absolute Gasteiger partial charge is 0.249 e. The highest BCUT2D eigenvalue weighted by molar-refractivity contribution is 7.12. The van der Waals surface area contributed by atoms with Crippen LogP contribution < -0.4 is 5.32 Å². The number of aromatic nitrogens is 3. The number of anilines is 1. The molecule has 0 atom stereocenters. The first-order chi connectivity index (χ1) is 11.6. The van der Waals surface area contributed by atoms with Gasteiger partial charge in [0, 0.05) is 17.0 Å². The van der Waals surface area contributed by atoms with E-state index in [2.05, 4.69) is 15.4 Å². The molecule has 2 heterocycles. The van der Waals surface area contributed by atoms with Gasteiger partial charge in [-0.1, -0.05) is 6.08 Å². The Morgan fingerprint density at radius 3 is 2.79 bits per heavy atom. The van der Waals surface area contributed by atoms with Gasteiger partial charge in [-0.3, -0.25) is 4.79 Å². The second-order valence-corrected chi connectivity index (χ2v) is 5.93. The lowest BCUT2D eigenvalue weighted by molar-refractivity contribution is -0.111. The Balaban J connectivity index is 1.92. The van der Waals surface area contributed by atoms with E-state index < -0.39 is 0 Å². The SMILES string of the molecule is C/C=C\C(=O)Nc1cc(C)nn1-c1nc(-c2ccc(F)cc2)cs1. The van der Waals surface area contributed by atoms with Crippen LogP contribution in [0.25, 0.3) is 16.4 Å². The van der Waals surface area contributed by atoms with Gasteiger partial charge < -0.3 is 5.32 Å². The fraction of sp³-hybridized carbons (Fsp3) is 0.118. The minimum atomic E-state index is -0.286. The molecule has 0 aliphatic carbocycles. The molecule has 0 radical (unpaired) electrons. The number of carbonyl (C=O) groups is 1. The Morgan fingerprint density at radius 1 is 1.33 bits per heavy atom. The van der Waals surface area contributed by atoms with Crippen molar-refractivity contribution in [3.63, 3.8) is 0 Å². The molecule has 0 aliphatic heterocycles. The molecule has 5 nitrogen and oxygen atoms in total. The first-order valence-electron chi connectivity index (χ1n) is 7.29. The standard InChI is InChI=1S/C17H15FN4OS/c1-3-4-16(23)20-15-9-11(2)21-22(15)17-19-14(10-24-17)12-5-7-13(18)8-6-12/h3-10H,1-2H3,(H,20,23)/b4-3-. The molecule has 2 aromatic heterocycles. The van der Waals surface area contributed by atoms with E-state index in [0.717, 1.165) is 17.0 Å². The van der Waals surface area contributed by atoms with Crippen LogP contribution in [0.5, 0.6) is 0 Å². The molecule has 0 spiro atoms. The van der Waals surface area contributed by atoms with Crippen LogP contribution in [0.15, 0.2) is 47.9 Å². The van der Waals surface area contributed by atoms with Gasteiger partial charge in [-0.25, -0.2) is 9.37 Å². The molecule has 122 valence electrons. The zero-order chi connectivity index (χ0) is 17.1. The van der Waals surface area contributed by atoms with Crippen LogP contribution in [-0.4, -0.2) is 20.7 Å². The van der Waals surface area contributed by atoms with E-state index in [1.165, 1.54) is 29.5 Å². The third kappa shape index (κ3) is 3.41. The van der Waals surface area contributed by atoms with Crippen molar-refractivity contribution in [2.24, 2.45) is 0 Å². The highest BCUT2D eigenvalue weighted by atomic mass is 32.1. The number of halogens is 1. The molecule has 0 unspecified atom stereocenters. The number of nitrogens with zero attached hydrogens (tertiary/aromatic N) is 3. The molecule has 0 fully saturated rings. The number of allylic oxidation sites excluding steroid dienone is 1. The first kappa shape index (κ1) is 16.1. The van der Waals surface area contributed by atoms with Gasteiger partial charge >= 0.3 is 0 Å². The third-order valence-electron chi connectivity index (χ3n) is 3.21. The number of thiazole rings is 1. The highest BCUT2D eigenvalue weighted by Gasteiger charge is 2.13. The summed E-state index contributed by atoms with van der Waals surface area (Å²) in [6, 6.07) is 7.93. The summed E-state index contributed by atoms with van der Waals surface area (Å²) >= 11 is 1.40. The van der Waals surface area contributed by atoms with E-state index in [1.807, 2.05) is 12.3 Å². The summed E-state index contributed by atoms with van der Waals surface area (Å²) in [6.45, 7) is 3.62. The molecule has 1 N–H and O–H groups in total. The zero-order valence-electron chi connectivity index (χ0n) is 13.2. The summed E-state index contributed by atoms with van der Waals surface area (Å²) in [7, 11) is 0. The Hall–Kier alpha value is -2.80. The number of benzene rings is 1. The summed E-state index contributed by atoms with van der Waals surface area (Å²) in [5, 5.41) is 9.66. The average Bonchev–Trinajstić information content (AvgIpc) is 3.15. The van der Waals surface area contributed by atoms with E-state index in [4.69, 9.17) is 0 Å². The Labute approximate surface area is 142 Å². The maximum Gasteiger partial charge on any atom is 0.249 e. The minimum absolute atomic E-state index is 0.228. The molecule has 0 saturated heterocycles. The van der Waals surface area contributed by atoms with Crippen LogP contribution in [0.1, 0.15) is 12.6 Å². The van der Waals surface area contributed by atoms with Gasteiger partial charge in [0.2, 0.25) is 11.0 Å². The van der Waals surface area contributed by atoms with Crippen LogP contribution in [0, 0.1) is 12.7 Å². The fourth-order valence-corrected chi connectivity index (χ4v) is 2.96. The van der Waals surface area contributed by atoms with Gasteiger partial charge in [0.05, 0.1) is 11.4 Å². The number of rotatable bonds is 4. The number of hydrogen-bond donors (Lipinski definition) is 1. The highest BCUT2D eigenvalue weighted by Crippen LogP contribution is 2.26. The summed E-state index contributed by atoms with van der Waals surface area (Å²) in [5.41, 5.74) is 2.32. The molecule has 1 aromatic carbocycles. The average molecular weight is 342 g/mol. The normalized spacial score (nSPS) is 11.1. The van der Waals surface area contributed by atoms with Gasteiger partial charge in [0.15, 0.2) is 0 Å². The van der Waals surface area contributed by atoms with Crippen molar-refractivity contribution in [1.29, 1.82) is 0 Å². The van der Waals surface area contributed by atoms with Gasteiger partial charge in [0.25, 0.3) is 0 Å². The zero-order valence-corrected chi connectivity index (χ0v) is 14.0. The number of amides is 1. The topological polar surface area (TPSA) is 59.8 Å². The molecule has 0 aliphatic rings. The molecule has 7 heteroatoms. The van der Waals surface area contributed by atoms with Crippen LogP contribution >= 0.6 is 11.3 Å². The van der Waals surface area contributed by atoms with Gasteiger partial charge in [-0.05, 0) is 44.2 Å². The lowest BCUT2D eigenvalue weighted by Crippen LogP contribution is -2.12. The van der Waals surface area contributed by atoms with E-state index in [0.29, 0.717) is 10.9 Å². The van der Waals surface area contributed by atoms with Crippen LogP contribution in [0.3, 0.4) is 0 Å². The lowest BCUT2D eigenvalue weighted by atomic mass is 10.2. The predicted octanol–water partition coefficient (Wildman–Crippen LogP) is 3.96. The van der Waals surface area contributed by atoms with Crippen molar-refractivity contribution >= 4 is 23.1 Å². The molecular formula is C17H15FN4OS. The maximum absolute atomic E-state index is 13.0. The van der Waals surface area contributed by atoms with Crippen molar-refractivity contribution in [3.8, 4) is 16.4 Å². The molecule has 0 bridgehead atoms. The first-order valence-corrected chi connectivity index (χ1v) is 8.17. The second-order valence-electron chi connectivity index (χ2n) is 5.09. The van der Waals surface area contributed by atoms with Crippen molar-refractivity contribution in [1.82, 2.24) is 14.8 Å². The van der Waals surface area contributed by atoms with Crippen molar-refractivity contribution < 1.29 is 9.18 Å². The summed E-state index contributed by atoms with van der Waals surface area (Å²) in [6.07, 6.45) is 3.11. The van der Waals surface area contributed by atoms with E-state index >= 15 is 0 Å². The van der Waals surface area contributed by atoms with Crippen LogP contribution in [0.2, 0.25) is 0 Å². The van der Waals surface area contributed by atoms with Gasteiger partial charge in [0.1, 0.15) is 11.6 Å².